The third-order valence-electron chi connectivity index (χ3n) is 2.39. The number of carbonyl (C=O) groups is 1. The third kappa shape index (κ3) is 1.55. The van der Waals surface area contributed by atoms with Crippen LogP contribution in [0.4, 0.5) is 5.69 Å². The number of carbonyl (C=O) groups excluding carboxylic acids is 1. The van der Waals surface area contributed by atoms with Crippen molar-refractivity contribution in [3.05, 3.63) is 28.2 Å². The third-order valence-corrected chi connectivity index (χ3v) is 3.36. The number of alkyl halides is 1. The van der Waals surface area contributed by atoms with Gasteiger partial charge in [0.1, 0.15) is 5.88 Å². The minimum atomic E-state index is -0.0245. The van der Waals surface area contributed by atoms with Crippen molar-refractivity contribution in [1.29, 1.82) is 0 Å². The highest BCUT2D eigenvalue weighted by Crippen LogP contribution is 2.33. The van der Waals surface area contributed by atoms with Crippen LogP contribution >= 0.6 is 27.5 Å². The van der Waals surface area contributed by atoms with Crippen LogP contribution in [0.2, 0.25) is 0 Å². The van der Waals surface area contributed by atoms with Gasteiger partial charge in [-0.15, -0.1) is 11.6 Å². The van der Waals surface area contributed by atoms with Gasteiger partial charge in [-0.1, -0.05) is 22.0 Å². The van der Waals surface area contributed by atoms with E-state index < -0.39 is 0 Å². The molecule has 1 aliphatic heterocycles. The summed E-state index contributed by atoms with van der Waals surface area (Å²) in [5, 5.41) is 0. The fraction of sp³-hybridized carbons (Fsp3) is 0.300. The van der Waals surface area contributed by atoms with Crippen molar-refractivity contribution in [3.63, 3.8) is 0 Å². The molecular weight excluding hydrogens is 265 g/mol. The van der Waals surface area contributed by atoms with Gasteiger partial charge in [-0.2, -0.15) is 0 Å². The standard InChI is InChI=1S/C10H9BrClNO/c11-8-2-1-3-9-7(8)4-5-13(9)10(14)6-12/h1-3H,4-6H2. The molecule has 14 heavy (non-hydrogen) atoms. The minimum Gasteiger partial charge on any atom is -0.311 e. The quantitative estimate of drug-likeness (QED) is 0.721. The average molecular weight is 275 g/mol. The summed E-state index contributed by atoms with van der Waals surface area (Å²) in [4.78, 5) is 13.2. The molecule has 0 aliphatic carbocycles. The Morgan fingerprint density at radius 3 is 3.07 bits per heavy atom. The number of hydrogen-bond donors (Lipinski definition) is 0. The van der Waals surface area contributed by atoms with Crippen LogP contribution in [-0.2, 0) is 11.2 Å². The summed E-state index contributed by atoms with van der Waals surface area (Å²) in [7, 11) is 0. The Hall–Kier alpha value is -0.540. The lowest BCUT2D eigenvalue weighted by atomic mass is 10.2. The van der Waals surface area contributed by atoms with Crippen molar-refractivity contribution < 1.29 is 4.79 Å². The molecule has 1 aromatic rings. The number of benzene rings is 1. The van der Waals surface area contributed by atoms with Crippen LogP contribution in [0, 0.1) is 0 Å². The summed E-state index contributed by atoms with van der Waals surface area (Å²) in [5.41, 5.74) is 2.19. The molecule has 1 aliphatic rings. The molecule has 0 bridgehead atoms. The zero-order valence-electron chi connectivity index (χ0n) is 7.46. The normalized spacial score (nSPS) is 14.3. The summed E-state index contributed by atoms with van der Waals surface area (Å²) in [5.74, 6) is 0.0231. The van der Waals surface area contributed by atoms with E-state index in [2.05, 4.69) is 15.9 Å². The van der Waals surface area contributed by atoms with E-state index >= 15 is 0 Å². The summed E-state index contributed by atoms with van der Waals surface area (Å²) in [6, 6.07) is 5.88. The van der Waals surface area contributed by atoms with Gasteiger partial charge < -0.3 is 4.90 Å². The first-order chi connectivity index (χ1) is 6.74. The highest BCUT2D eigenvalue weighted by molar-refractivity contribution is 9.10. The number of fused-ring (bicyclic) bond motifs is 1. The first kappa shape index (κ1) is 9.99. The maximum atomic E-state index is 11.5. The molecule has 1 heterocycles. The number of hydrogen-bond acceptors (Lipinski definition) is 1. The lowest BCUT2D eigenvalue weighted by Crippen LogP contribution is -2.29. The summed E-state index contributed by atoms with van der Waals surface area (Å²) in [6.45, 7) is 0.740. The van der Waals surface area contributed by atoms with E-state index in [9.17, 15) is 4.79 Å². The average Bonchev–Trinajstić information content (AvgIpc) is 2.62. The Bertz CT molecular complexity index is 380. The Balaban J connectivity index is 2.40. The van der Waals surface area contributed by atoms with Crippen molar-refractivity contribution in [2.45, 2.75) is 6.42 Å². The molecule has 0 saturated carbocycles. The maximum Gasteiger partial charge on any atom is 0.241 e. The number of rotatable bonds is 1. The molecule has 0 unspecified atom stereocenters. The lowest BCUT2D eigenvalue weighted by molar-refractivity contribution is -0.116. The second-order valence-electron chi connectivity index (χ2n) is 3.17. The van der Waals surface area contributed by atoms with Crippen molar-refractivity contribution in [2.75, 3.05) is 17.3 Å². The number of nitrogens with zero attached hydrogens (tertiary/aromatic N) is 1. The minimum absolute atomic E-state index is 0.0245. The highest BCUT2D eigenvalue weighted by Gasteiger charge is 2.24. The molecule has 0 atom stereocenters. The van der Waals surface area contributed by atoms with E-state index in [0.29, 0.717) is 0 Å². The van der Waals surface area contributed by atoms with Crippen molar-refractivity contribution in [2.24, 2.45) is 0 Å². The molecular formula is C10H9BrClNO. The molecule has 1 aromatic carbocycles. The van der Waals surface area contributed by atoms with Crippen LogP contribution < -0.4 is 4.90 Å². The molecule has 4 heteroatoms. The molecule has 0 radical (unpaired) electrons. The Morgan fingerprint density at radius 1 is 1.57 bits per heavy atom. The maximum absolute atomic E-state index is 11.5. The summed E-state index contributed by atoms with van der Waals surface area (Å²) >= 11 is 9.01. The molecule has 0 spiro atoms. The fourth-order valence-electron chi connectivity index (χ4n) is 1.72. The van der Waals surface area contributed by atoms with Gasteiger partial charge in [-0.25, -0.2) is 0 Å². The van der Waals surface area contributed by atoms with Crippen LogP contribution in [0.5, 0.6) is 0 Å². The van der Waals surface area contributed by atoms with Crippen LogP contribution in [0.15, 0.2) is 22.7 Å². The topological polar surface area (TPSA) is 20.3 Å². The smallest absolute Gasteiger partial charge is 0.241 e. The van der Waals surface area contributed by atoms with Crippen LogP contribution in [0.1, 0.15) is 5.56 Å². The number of halogens is 2. The SMILES string of the molecule is O=C(CCl)N1CCc2c(Br)cccc21. The number of anilines is 1. The van der Waals surface area contributed by atoms with Crippen LogP contribution in [0.25, 0.3) is 0 Å². The molecule has 0 saturated heterocycles. The Kier molecular flexibility index (Phi) is 2.79. The van der Waals surface area contributed by atoms with Gasteiger partial charge in [0, 0.05) is 16.7 Å². The van der Waals surface area contributed by atoms with Gasteiger partial charge >= 0.3 is 0 Å². The monoisotopic (exact) mass is 273 g/mol. The summed E-state index contributed by atoms with van der Waals surface area (Å²) in [6.07, 6.45) is 0.902. The molecule has 1 amide bonds. The zero-order chi connectivity index (χ0) is 10.1. The second-order valence-corrected chi connectivity index (χ2v) is 4.29. The largest absolute Gasteiger partial charge is 0.311 e. The van der Waals surface area contributed by atoms with Gasteiger partial charge in [0.25, 0.3) is 0 Å². The van der Waals surface area contributed by atoms with E-state index in [-0.39, 0.29) is 11.8 Å². The van der Waals surface area contributed by atoms with Gasteiger partial charge in [0.2, 0.25) is 5.91 Å². The highest BCUT2D eigenvalue weighted by atomic mass is 79.9. The van der Waals surface area contributed by atoms with E-state index in [0.717, 1.165) is 23.1 Å². The second kappa shape index (κ2) is 3.91. The Morgan fingerprint density at radius 2 is 2.36 bits per heavy atom. The molecule has 74 valence electrons. The van der Waals surface area contributed by atoms with Crippen molar-refractivity contribution in [1.82, 2.24) is 0 Å². The van der Waals surface area contributed by atoms with E-state index in [1.54, 1.807) is 4.90 Å². The first-order valence-corrected chi connectivity index (χ1v) is 5.70. The van der Waals surface area contributed by atoms with E-state index in [1.165, 1.54) is 5.56 Å². The fourth-order valence-corrected chi connectivity index (χ4v) is 2.42. The molecule has 0 fully saturated rings. The predicted molar refractivity (Wildman–Crippen MR) is 60.9 cm³/mol. The number of amides is 1. The van der Waals surface area contributed by atoms with Gasteiger partial charge in [0.15, 0.2) is 0 Å². The van der Waals surface area contributed by atoms with E-state index in [4.69, 9.17) is 11.6 Å². The van der Waals surface area contributed by atoms with E-state index in [1.807, 2.05) is 18.2 Å². The molecule has 0 aromatic heterocycles. The first-order valence-electron chi connectivity index (χ1n) is 4.37. The van der Waals surface area contributed by atoms with Crippen molar-refractivity contribution >= 4 is 39.1 Å². The zero-order valence-corrected chi connectivity index (χ0v) is 9.81. The van der Waals surface area contributed by atoms with Crippen LogP contribution in [0.3, 0.4) is 0 Å². The molecule has 0 N–H and O–H groups in total. The predicted octanol–water partition coefficient (Wildman–Crippen LogP) is 2.58. The van der Waals surface area contributed by atoms with Crippen molar-refractivity contribution in [3.8, 4) is 0 Å². The van der Waals surface area contributed by atoms with Crippen LogP contribution in [-0.4, -0.2) is 18.3 Å². The molecule has 2 nitrogen and oxygen atoms in total. The lowest BCUT2D eigenvalue weighted by Gasteiger charge is -2.15. The Labute approximate surface area is 96.0 Å². The molecule has 2 rings (SSSR count). The van der Waals surface area contributed by atoms with Gasteiger partial charge in [-0.3, -0.25) is 4.79 Å². The summed E-state index contributed by atoms with van der Waals surface area (Å²) < 4.78 is 1.07. The van der Waals surface area contributed by atoms with Gasteiger partial charge in [-0.05, 0) is 24.1 Å². The van der Waals surface area contributed by atoms with Gasteiger partial charge in [0.05, 0.1) is 0 Å².